The Labute approximate surface area is 66.8 Å². The first-order valence-electron chi connectivity index (χ1n) is 3.04. The van der Waals surface area contributed by atoms with Crippen LogP contribution in [0.15, 0.2) is 24.3 Å². The molecule has 0 amide bonds. The van der Waals surface area contributed by atoms with Gasteiger partial charge in [0.05, 0.1) is 0 Å². The zero-order valence-electron chi connectivity index (χ0n) is 5.83. The van der Waals surface area contributed by atoms with Crippen LogP contribution in [-0.2, 0) is 0 Å². The van der Waals surface area contributed by atoms with Crippen molar-refractivity contribution in [3.63, 3.8) is 0 Å². The average molecular weight is 172 g/mol. The summed E-state index contributed by atoms with van der Waals surface area (Å²) < 4.78 is 23.8. The molecule has 0 aliphatic heterocycles. The fraction of sp³-hybridized carbons (Fsp3) is 0. The molecule has 1 aromatic rings. The number of benzene rings is 1. The standard InChI is InChI=1S/C7H4F2NO2/c8-7(9)5-2-1-3-6(4-5)10(11)12/h1-4H/q-1. The molecule has 0 heterocycles. The minimum atomic E-state index is -1.92. The molecule has 0 fully saturated rings. The second kappa shape index (κ2) is 3.17. The van der Waals surface area contributed by atoms with Crippen LogP contribution in [0, 0.1) is 16.5 Å². The van der Waals surface area contributed by atoms with E-state index in [1.54, 1.807) is 0 Å². The smallest absolute Gasteiger partial charge is 0.217 e. The molecule has 5 heteroatoms. The molecule has 0 saturated heterocycles. The number of rotatable bonds is 2. The van der Waals surface area contributed by atoms with Crippen LogP contribution in [0.3, 0.4) is 0 Å². The first-order valence-corrected chi connectivity index (χ1v) is 3.04. The Balaban J connectivity index is 3.04. The maximum Gasteiger partial charge on any atom is 0.217 e. The second-order valence-corrected chi connectivity index (χ2v) is 2.07. The largest absolute Gasteiger partial charge is 0.259 e. The highest BCUT2D eigenvalue weighted by Crippen LogP contribution is 2.21. The van der Waals surface area contributed by atoms with Crippen molar-refractivity contribution in [2.75, 3.05) is 0 Å². The van der Waals surface area contributed by atoms with Gasteiger partial charge in [0.15, 0.2) is 6.43 Å². The molecule has 0 saturated carbocycles. The van der Waals surface area contributed by atoms with Gasteiger partial charge in [0, 0.05) is 4.92 Å². The highest BCUT2D eigenvalue weighted by atomic mass is 19.3. The van der Waals surface area contributed by atoms with Gasteiger partial charge < -0.3 is 0 Å². The molecule has 12 heavy (non-hydrogen) atoms. The fourth-order valence-corrected chi connectivity index (χ4v) is 0.737. The topological polar surface area (TPSA) is 43.1 Å². The third-order valence-corrected chi connectivity index (χ3v) is 1.28. The molecule has 0 atom stereocenters. The van der Waals surface area contributed by atoms with Crippen LogP contribution in [0.1, 0.15) is 5.56 Å². The Bertz CT molecular complexity index is 301. The second-order valence-electron chi connectivity index (χ2n) is 2.07. The number of nitrogens with zero attached hydrogens (tertiary/aromatic N) is 1. The Kier molecular flexibility index (Phi) is 2.23. The lowest BCUT2D eigenvalue weighted by Crippen LogP contribution is -1.90. The summed E-state index contributed by atoms with van der Waals surface area (Å²) in [5, 5.41) is 10.1. The van der Waals surface area contributed by atoms with Gasteiger partial charge in [-0.2, -0.15) is 6.07 Å². The van der Waals surface area contributed by atoms with E-state index < -0.39 is 16.9 Å². The van der Waals surface area contributed by atoms with E-state index in [0.29, 0.717) is 0 Å². The number of nitro groups is 1. The van der Waals surface area contributed by atoms with Gasteiger partial charge in [0.25, 0.3) is 0 Å². The number of non-ortho nitro benzene ring substituents is 1. The van der Waals surface area contributed by atoms with Crippen LogP contribution in [0.2, 0.25) is 0 Å². The van der Waals surface area contributed by atoms with Gasteiger partial charge in [-0.1, -0.05) is 6.07 Å². The molecular weight excluding hydrogens is 168 g/mol. The van der Waals surface area contributed by atoms with Crippen LogP contribution in [-0.4, -0.2) is 4.92 Å². The molecule has 0 aliphatic carbocycles. The first-order chi connectivity index (χ1) is 5.61. The average Bonchev–Trinajstić information content (AvgIpc) is 2.04. The summed E-state index contributed by atoms with van der Waals surface area (Å²) >= 11 is 0. The molecule has 1 rings (SSSR count). The number of nitro benzene ring substituents is 1. The molecule has 0 unspecified atom stereocenters. The van der Waals surface area contributed by atoms with Gasteiger partial charge in [0.1, 0.15) is 0 Å². The number of hydrogen-bond acceptors (Lipinski definition) is 2. The van der Waals surface area contributed by atoms with E-state index in [4.69, 9.17) is 0 Å². The summed E-state index contributed by atoms with van der Waals surface area (Å²) in [5.41, 5.74) is -0.746. The lowest BCUT2D eigenvalue weighted by atomic mass is 10.2. The third kappa shape index (κ3) is 1.69. The molecular formula is C7H4F2NO2-. The van der Waals surface area contributed by atoms with Crippen molar-refractivity contribution in [3.8, 4) is 0 Å². The molecule has 64 valence electrons. The van der Waals surface area contributed by atoms with Gasteiger partial charge in [-0.3, -0.25) is 18.9 Å². The number of hydrogen-bond donors (Lipinski definition) is 0. The molecule has 0 radical (unpaired) electrons. The normalized spacial score (nSPS) is 9.50. The first kappa shape index (κ1) is 8.45. The van der Waals surface area contributed by atoms with E-state index >= 15 is 0 Å². The highest BCUT2D eigenvalue weighted by molar-refractivity contribution is 5.37. The van der Waals surface area contributed by atoms with E-state index in [2.05, 4.69) is 0 Å². The predicted octanol–water partition coefficient (Wildman–Crippen LogP) is 2.37. The van der Waals surface area contributed by atoms with Gasteiger partial charge in [-0.05, 0) is 6.07 Å². The molecule has 0 aromatic heterocycles. The molecule has 3 nitrogen and oxygen atoms in total. The van der Waals surface area contributed by atoms with Crippen LogP contribution < -0.4 is 0 Å². The van der Waals surface area contributed by atoms with Gasteiger partial charge >= 0.3 is 0 Å². The van der Waals surface area contributed by atoms with E-state index in [1.807, 2.05) is 0 Å². The summed E-state index contributed by atoms with van der Waals surface area (Å²) in [6.45, 7) is 0. The Morgan fingerprint density at radius 3 is 2.58 bits per heavy atom. The van der Waals surface area contributed by atoms with Crippen molar-refractivity contribution in [3.05, 3.63) is 46.4 Å². The zero-order chi connectivity index (χ0) is 9.14. The van der Waals surface area contributed by atoms with Crippen molar-refractivity contribution >= 4 is 5.69 Å². The highest BCUT2D eigenvalue weighted by Gasteiger charge is 2.03. The SMILES string of the molecule is O=[N+]([O-])c1cccc([C-](F)F)c1. The van der Waals surface area contributed by atoms with Gasteiger partial charge in [-0.25, -0.2) is 0 Å². The molecule has 0 N–H and O–H groups in total. The van der Waals surface area contributed by atoms with Crippen LogP contribution in [0.25, 0.3) is 0 Å². The van der Waals surface area contributed by atoms with Gasteiger partial charge in [-0.15, -0.1) is 11.6 Å². The van der Waals surface area contributed by atoms with E-state index in [1.165, 1.54) is 6.07 Å². The zero-order valence-corrected chi connectivity index (χ0v) is 5.83. The summed E-state index contributed by atoms with van der Waals surface area (Å²) in [5.74, 6) is 0. The molecule has 1 aromatic carbocycles. The Hall–Kier alpha value is -1.65. The van der Waals surface area contributed by atoms with Crippen molar-refractivity contribution in [1.29, 1.82) is 0 Å². The fourth-order valence-electron chi connectivity index (χ4n) is 0.737. The molecule has 0 spiro atoms. The van der Waals surface area contributed by atoms with Crippen molar-refractivity contribution in [2.24, 2.45) is 0 Å². The van der Waals surface area contributed by atoms with Crippen molar-refractivity contribution in [1.82, 2.24) is 0 Å². The molecule has 0 aliphatic rings. The lowest BCUT2D eigenvalue weighted by molar-refractivity contribution is -0.384. The van der Waals surface area contributed by atoms with Crippen molar-refractivity contribution < 1.29 is 13.7 Å². The van der Waals surface area contributed by atoms with E-state index in [9.17, 15) is 18.9 Å². The quantitative estimate of drug-likeness (QED) is 0.390. The Morgan fingerprint density at radius 2 is 2.08 bits per heavy atom. The van der Waals surface area contributed by atoms with Crippen molar-refractivity contribution in [2.45, 2.75) is 0 Å². The summed E-state index contributed by atoms with van der Waals surface area (Å²) in [6.07, 6.45) is -1.92. The Morgan fingerprint density at radius 1 is 1.42 bits per heavy atom. The maximum absolute atomic E-state index is 11.9. The maximum atomic E-state index is 11.9. The minimum absolute atomic E-state index is 0.333. The van der Waals surface area contributed by atoms with Crippen LogP contribution in [0.4, 0.5) is 14.5 Å². The third-order valence-electron chi connectivity index (χ3n) is 1.28. The van der Waals surface area contributed by atoms with E-state index in [0.717, 1.165) is 18.2 Å². The lowest BCUT2D eigenvalue weighted by Gasteiger charge is -2.05. The van der Waals surface area contributed by atoms with Crippen LogP contribution >= 0.6 is 0 Å². The van der Waals surface area contributed by atoms with Crippen LogP contribution in [0.5, 0.6) is 0 Å². The predicted molar refractivity (Wildman–Crippen MR) is 37.7 cm³/mol. The number of halogens is 2. The monoisotopic (exact) mass is 172 g/mol. The summed E-state index contributed by atoms with van der Waals surface area (Å²) in [4.78, 5) is 9.41. The van der Waals surface area contributed by atoms with E-state index in [-0.39, 0.29) is 5.69 Å². The summed E-state index contributed by atoms with van der Waals surface area (Å²) in [7, 11) is 0. The van der Waals surface area contributed by atoms with Gasteiger partial charge in [0.2, 0.25) is 5.69 Å². The molecule has 0 bridgehead atoms. The minimum Gasteiger partial charge on any atom is -0.259 e. The summed E-state index contributed by atoms with van der Waals surface area (Å²) in [6, 6.07) is 4.32.